The van der Waals surface area contributed by atoms with Crippen LogP contribution >= 0.6 is 7.29 Å². The number of rotatable bonds is 4. The molecule has 0 aliphatic carbocycles. The largest absolute Gasteiger partial charge is 0.286 e. The summed E-state index contributed by atoms with van der Waals surface area (Å²) < 4.78 is 18.2. The van der Waals surface area contributed by atoms with E-state index in [4.69, 9.17) is 15.0 Å². The predicted octanol–water partition coefficient (Wildman–Crippen LogP) is 8.41. The highest BCUT2D eigenvalue weighted by atomic mass is 31.2. The van der Waals surface area contributed by atoms with E-state index in [1.807, 2.05) is 120 Å². The first-order valence-electron chi connectivity index (χ1n) is 14.2. The maximum absolute atomic E-state index is 16.2. The average Bonchev–Trinajstić information content (AvgIpc) is 3.09. The molecule has 0 spiro atoms. The summed E-state index contributed by atoms with van der Waals surface area (Å²) in [5, 5.41) is 2.93. The summed E-state index contributed by atoms with van der Waals surface area (Å²) in [4.78, 5) is 14.9. The van der Waals surface area contributed by atoms with Crippen LogP contribution < -0.4 is 15.5 Å². The molecule has 6 aromatic carbocycles. The highest BCUT2D eigenvalue weighted by Crippen LogP contribution is 2.61. The van der Waals surface area contributed by atoms with Crippen LogP contribution in [0.2, 0.25) is 0 Å². The number of anilines is 2. The van der Waals surface area contributed by atoms with Crippen LogP contribution in [0.3, 0.4) is 0 Å². The van der Waals surface area contributed by atoms with Crippen LogP contribution in [0.25, 0.3) is 44.7 Å². The van der Waals surface area contributed by atoms with Crippen molar-refractivity contribution in [3.63, 3.8) is 0 Å². The summed E-state index contributed by atoms with van der Waals surface area (Å²) in [6.07, 6.45) is 0. The average molecular weight is 573 g/mol. The van der Waals surface area contributed by atoms with Gasteiger partial charge in [-0.25, -0.2) is 15.0 Å². The fraction of sp³-hybridized carbons (Fsp3) is 0. The lowest BCUT2D eigenvalue weighted by Gasteiger charge is -2.39. The Balaban J connectivity index is 1.49. The molecule has 7 aromatic rings. The third-order valence-corrected chi connectivity index (χ3v) is 10.7. The lowest BCUT2D eigenvalue weighted by atomic mass is 9.96. The monoisotopic (exact) mass is 572 g/mol. The van der Waals surface area contributed by atoms with Gasteiger partial charge >= 0.3 is 0 Å². The Hall–Kier alpha value is -5.38. The number of aromatic nitrogens is 3. The molecule has 204 valence electrons. The molecule has 0 N–H and O–H groups in total. The molecule has 1 aromatic heterocycles. The van der Waals surface area contributed by atoms with Gasteiger partial charge in [-0.05, 0) is 40.6 Å². The lowest BCUT2D eigenvalue weighted by molar-refractivity contribution is 0.585. The third-order valence-electron chi connectivity index (χ3n) is 7.88. The Bertz CT molecular complexity index is 2110. The zero-order valence-corrected chi connectivity index (χ0v) is 24.0. The maximum Gasteiger partial charge on any atom is 0.270 e. The number of nitrogens with zero attached hydrogens (tertiary/aromatic N) is 4. The van der Waals surface area contributed by atoms with E-state index < -0.39 is 7.29 Å². The Morgan fingerprint density at radius 2 is 1.07 bits per heavy atom. The second-order valence-corrected chi connectivity index (χ2v) is 12.9. The minimum Gasteiger partial charge on any atom is -0.286 e. The van der Waals surface area contributed by atoms with Crippen molar-refractivity contribution in [3.8, 4) is 33.9 Å². The lowest BCUT2D eigenvalue weighted by Crippen LogP contribution is -2.37. The summed E-state index contributed by atoms with van der Waals surface area (Å²) in [7, 11) is -3.72. The molecular weight excluding hydrogens is 547 g/mol. The first-order valence-corrected chi connectivity index (χ1v) is 15.8. The molecule has 1 atom stereocenters. The molecule has 0 fully saturated rings. The van der Waals surface area contributed by atoms with Gasteiger partial charge in [0.05, 0.1) is 5.69 Å². The molecule has 0 amide bonds. The molecule has 43 heavy (non-hydrogen) atoms. The highest BCUT2D eigenvalue weighted by Gasteiger charge is 2.46. The zero-order valence-electron chi connectivity index (χ0n) is 23.1. The number of hydrogen-bond donors (Lipinski definition) is 0. The molecule has 0 saturated heterocycles. The minimum absolute atomic E-state index is 0.246. The normalized spacial score (nSPS) is 15.6. The Labute approximate surface area is 249 Å². The number of hydrogen-bond acceptors (Lipinski definition) is 4. The zero-order chi connectivity index (χ0) is 28.8. The van der Waals surface area contributed by atoms with E-state index >= 15 is 4.57 Å². The van der Waals surface area contributed by atoms with E-state index in [9.17, 15) is 0 Å². The van der Waals surface area contributed by atoms with Gasteiger partial charge < -0.3 is 0 Å². The predicted molar refractivity (Wildman–Crippen MR) is 176 cm³/mol. The molecular formula is C37H25N4OP. The van der Waals surface area contributed by atoms with Gasteiger partial charge in [0.25, 0.3) is 7.29 Å². The molecule has 1 aliphatic rings. The van der Waals surface area contributed by atoms with Crippen molar-refractivity contribution in [2.45, 2.75) is 0 Å². The van der Waals surface area contributed by atoms with E-state index in [1.54, 1.807) is 0 Å². The summed E-state index contributed by atoms with van der Waals surface area (Å²) in [6, 6.07) is 50.0. The summed E-state index contributed by atoms with van der Waals surface area (Å²) in [5.41, 5.74) is 5.54. The number of para-hydroxylation sites is 1. The van der Waals surface area contributed by atoms with Crippen molar-refractivity contribution in [3.05, 3.63) is 152 Å². The summed E-state index contributed by atoms with van der Waals surface area (Å²) in [5.74, 6) is 0.962. The van der Waals surface area contributed by atoms with Crippen molar-refractivity contribution in [2.75, 3.05) is 4.67 Å². The van der Waals surface area contributed by atoms with Crippen LogP contribution in [0.4, 0.5) is 11.4 Å². The summed E-state index contributed by atoms with van der Waals surface area (Å²) in [6.45, 7) is 0. The van der Waals surface area contributed by atoms with Crippen molar-refractivity contribution < 1.29 is 4.57 Å². The van der Waals surface area contributed by atoms with Gasteiger partial charge in [-0.1, -0.05) is 127 Å². The van der Waals surface area contributed by atoms with Crippen LogP contribution in [-0.4, -0.2) is 15.0 Å². The molecule has 0 bridgehead atoms. The van der Waals surface area contributed by atoms with Crippen LogP contribution in [0, 0.1) is 0 Å². The second kappa shape index (κ2) is 10.2. The van der Waals surface area contributed by atoms with Gasteiger partial charge in [-0.15, -0.1) is 0 Å². The van der Waals surface area contributed by atoms with Gasteiger partial charge in [-0.3, -0.25) is 9.24 Å². The van der Waals surface area contributed by atoms with Crippen LogP contribution in [0.5, 0.6) is 0 Å². The van der Waals surface area contributed by atoms with Gasteiger partial charge in [0.2, 0.25) is 5.57 Å². The molecule has 1 aliphatic heterocycles. The number of fused-ring (bicyclic) bond motifs is 5. The topological polar surface area (TPSA) is 59.0 Å². The third kappa shape index (κ3) is 4.09. The maximum atomic E-state index is 16.2. The fourth-order valence-electron chi connectivity index (χ4n) is 5.93. The fourth-order valence-corrected chi connectivity index (χ4v) is 8.73. The molecule has 2 heterocycles. The SMILES string of the molecule is O=P1(c2nc(-c3ccccc3)nc(-c3ccccc3)n2)c2ccccc2-c2c(ccc3ccccc23)N1c1ccccc1. The second-order valence-electron chi connectivity index (χ2n) is 10.4. The Morgan fingerprint density at radius 1 is 0.512 bits per heavy atom. The van der Waals surface area contributed by atoms with Crippen molar-refractivity contribution in [1.29, 1.82) is 0 Å². The van der Waals surface area contributed by atoms with Crippen molar-refractivity contribution in [2.24, 2.45) is 0 Å². The molecule has 6 heteroatoms. The Morgan fingerprint density at radius 3 is 1.74 bits per heavy atom. The van der Waals surface area contributed by atoms with E-state index in [1.165, 1.54) is 0 Å². The molecule has 1 unspecified atom stereocenters. The molecule has 0 saturated carbocycles. The van der Waals surface area contributed by atoms with Gasteiger partial charge in [0.1, 0.15) is 0 Å². The van der Waals surface area contributed by atoms with Crippen LogP contribution in [-0.2, 0) is 4.57 Å². The van der Waals surface area contributed by atoms with E-state index in [2.05, 4.69) is 36.4 Å². The van der Waals surface area contributed by atoms with E-state index in [0.717, 1.165) is 44.4 Å². The first kappa shape index (κ1) is 25.3. The summed E-state index contributed by atoms with van der Waals surface area (Å²) >= 11 is 0. The van der Waals surface area contributed by atoms with Crippen LogP contribution in [0.1, 0.15) is 0 Å². The Kier molecular flexibility index (Phi) is 5.99. The molecule has 8 rings (SSSR count). The highest BCUT2D eigenvalue weighted by molar-refractivity contribution is 7.80. The number of benzene rings is 6. The standard InChI is InChI=1S/C37H25N4OP/c42-43(37-39-35(27-15-4-1-5-16-27)38-36(40-37)28-17-6-2-7-18-28)33-23-13-12-22-31(33)34-30-21-11-10-14-26(30)24-25-32(34)41(43)29-19-8-3-9-20-29/h1-25H. The van der Waals surface area contributed by atoms with Crippen molar-refractivity contribution in [1.82, 2.24) is 15.0 Å². The van der Waals surface area contributed by atoms with Gasteiger partial charge in [-0.2, -0.15) is 0 Å². The minimum atomic E-state index is -3.72. The smallest absolute Gasteiger partial charge is 0.270 e. The van der Waals surface area contributed by atoms with Gasteiger partial charge in [0.15, 0.2) is 11.6 Å². The van der Waals surface area contributed by atoms with Gasteiger partial charge in [0, 0.05) is 27.7 Å². The van der Waals surface area contributed by atoms with Crippen molar-refractivity contribution >= 4 is 40.3 Å². The van der Waals surface area contributed by atoms with E-state index in [-0.39, 0.29) is 5.57 Å². The molecule has 0 radical (unpaired) electrons. The van der Waals surface area contributed by atoms with Crippen LogP contribution in [0.15, 0.2) is 152 Å². The van der Waals surface area contributed by atoms with E-state index in [0.29, 0.717) is 17.0 Å². The molecule has 5 nitrogen and oxygen atoms in total. The quantitative estimate of drug-likeness (QED) is 0.198. The first-order chi connectivity index (χ1) is 21.2.